The van der Waals surface area contributed by atoms with E-state index in [0.717, 1.165) is 27.7 Å². The first-order valence-corrected chi connectivity index (χ1v) is 10.9. The van der Waals surface area contributed by atoms with Gasteiger partial charge < -0.3 is 19.5 Å². The van der Waals surface area contributed by atoms with E-state index in [2.05, 4.69) is 42.8 Å². The Morgan fingerprint density at radius 3 is 2.48 bits per heavy atom. The van der Waals surface area contributed by atoms with E-state index in [4.69, 9.17) is 16.3 Å². The lowest BCUT2D eigenvalue weighted by Gasteiger charge is -2.32. The molecule has 1 heterocycles. The molecule has 1 atom stereocenters. The van der Waals surface area contributed by atoms with Gasteiger partial charge in [-0.3, -0.25) is 0 Å². The SMILES string of the molecule is COc1ccc(NC(=O)N(Cc2cccn2Cc2cccc(Cl)c2)C(C)C(C)C)cc1. The van der Waals surface area contributed by atoms with Crippen LogP contribution in [-0.4, -0.2) is 28.6 Å². The molecule has 0 saturated carbocycles. The van der Waals surface area contributed by atoms with Gasteiger partial charge in [0.1, 0.15) is 5.75 Å². The van der Waals surface area contributed by atoms with Crippen molar-refractivity contribution >= 4 is 23.3 Å². The fourth-order valence-corrected chi connectivity index (χ4v) is 3.60. The van der Waals surface area contributed by atoms with Gasteiger partial charge in [0.2, 0.25) is 0 Å². The summed E-state index contributed by atoms with van der Waals surface area (Å²) in [4.78, 5) is 15.1. The average molecular weight is 440 g/mol. The van der Waals surface area contributed by atoms with Crippen LogP contribution in [0.15, 0.2) is 66.9 Å². The van der Waals surface area contributed by atoms with Crippen LogP contribution >= 0.6 is 11.6 Å². The second-order valence-electron chi connectivity index (χ2n) is 8.03. The van der Waals surface area contributed by atoms with E-state index >= 15 is 0 Å². The normalized spacial score (nSPS) is 11.9. The zero-order chi connectivity index (χ0) is 22.4. The summed E-state index contributed by atoms with van der Waals surface area (Å²) in [5.74, 6) is 1.07. The highest BCUT2D eigenvalue weighted by Gasteiger charge is 2.24. The molecule has 0 radical (unpaired) electrons. The second kappa shape index (κ2) is 10.4. The van der Waals surface area contributed by atoms with Gasteiger partial charge in [-0.25, -0.2) is 4.79 Å². The van der Waals surface area contributed by atoms with E-state index in [1.807, 2.05) is 59.6 Å². The van der Waals surface area contributed by atoms with E-state index in [9.17, 15) is 4.79 Å². The zero-order valence-electron chi connectivity index (χ0n) is 18.5. The minimum Gasteiger partial charge on any atom is -0.497 e. The summed E-state index contributed by atoms with van der Waals surface area (Å²) < 4.78 is 7.36. The van der Waals surface area contributed by atoms with Crippen LogP contribution in [-0.2, 0) is 13.1 Å². The lowest BCUT2D eigenvalue weighted by molar-refractivity contribution is 0.168. The summed E-state index contributed by atoms with van der Waals surface area (Å²) in [6.45, 7) is 7.55. The van der Waals surface area contributed by atoms with E-state index in [-0.39, 0.29) is 12.1 Å². The van der Waals surface area contributed by atoms with Crippen molar-refractivity contribution in [3.8, 4) is 5.75 Å². The maximum atomic E-state index is 13.2. The maximum Gasteiger partial charge on any atom is 0.322 e. The molecule has 0 spiro atoms. The topological polar surface area (TPSA) is 46.5 Å². The molecule has 164 valence electrons. The highest BCUT2D eigenvalue weighted by Crippen LogP contribution is 2.20. The van der Waals surface area contributed by atoms with Crippen LogP contribution in [0.2, 0.25) is 5.02 Å². The number of nitrogens with zero attached hydrogens (tertiary/aromatic N) is 2. The van der Waals surface area contributed by atoms with Gasteiger partial charge in [0.05, 0.1) is 13.7 Å². The molecular formula is C25H30ClN3O2. The number of benzene rings is 2. The highest BCUT2D eigenvalue weighted by atomic mass is 35.5. The lowest BCUT2D eigenvalue weighted by atomic mass is 10.0. The van der Waals surface area contributed by atoms with E-state index in [0.29, 0.717) is 19.0 Å². The summed E-state index contributed by atoms with van der Waals surface area (Å²) in [5.41, 5.74) is 2.93. The van der Waals surface area contributed by atoms with Crippen molar-refractivity contribution in [2.24, 2.45) is 5.92 Å². The number of anilines is 1. The lowest BCUT2D eigenvalue weighted by Crippen LogP contribution is -2.43. The number of carbonyl (C=O) groups excluding carboxylic acids is 1. The Kier molecular flexibility index (Phi) is 7.64. The van der Waals surface area contributed by atoms with Gasteiger partial charge in [-0.2, -0.15) is 0 Å². The number of methoxy groups -OCH3 is 1. The molecule has 0 saturated heterocycles. The Morgan fingerprint density at radius 2 is 1.84 bits per heavy atom. The molecule has 6 heteroatoms. The number of rotatable bonds is 8. The number of urea groups is 1. The van der Waals surface area contributed by atoms with Crippen LogP contribution in [0.1, 0.15) is 32.0 Å². The Hall–Kier alpha value is -2.92. The number of ether oxygens (including phenoxy) is 1. The molecule has 3 rings (SSSR count). The molecule has 31 heavy (non-hydrogen) atoms. The van der Waals surface area contributed by atoms with Gasteiger partial charge >= 0.3 is 6.03 Å². The molecule has 0 aliphatic rings. The summed E-state index contributed by atoms with van der Waals surface area (Å²) in [6, 6.07) is 19.2. The largest absolute Gasteiger partial charge is 0.497 e. The molecular weight excluding hydrogens is 410 g/mol. The van der Waals surface area contributed by atoms with Gasteiger partial charge in [0, 0.05) is 35.2 Å². The monoisotopic (exact) mass is 439 g/mol. The molecule has 0 fully saturated rings. The van der Waals surface area contributed by atoms with Crippen molar-refractivity contribution in [1.29, 1.82) is 0 Å². The number of aromatic nitrogens is 1. The van der Waals surface area contributed by atoms with Crippen molar-refractivity contribution in [2.75, 3.05) is 12.4 Å². The number of carbonyl (C=O) groups is 1. The van der Waals surface area contributed by atoms with Crippen LogP contribution in [0.25, 0.3) is 0 Å². The quantitative estimate of drug-likeness (QED) is 0.449. The summed E-state index contributed by atoms with van der Waals surface area (Å²) in [6.07, 6.45) is 2.04. The average Bonchev–Trinajstić information content (AvgIpc) is 3.18. The Morgan fingerprint density at radius 1 is 1.10 bits per heavy atom. The molecule has 0 bridgehead atoms. The third kappa shape index (κ3) is 6.05. The molecule has 1 aromatic heterocycles. The molecule has 2 aromatic carbocycles. The first-order chi connectivity index (χ1) is 14.9. The standard InChI is InChI=1S/C25H30ClN3O2/c1-18(2)19(3)29(25(30)27-22-10-12-24(31-4)13-11-22)17-23-9-6-14-28(23)16-20-7-5-8-21(26)15-20/h5-15,18-19H,16-17H2,1-4H3,(H,27,30). The van der Waals surface area contributed by atoms with Crippen LogP contribution in [0, 0.1) is 5.92 Å². The van der Waals surface area contributed by atoms with E-state index in [1.54, 1.807) is 7.11 Å². The molecule has 2 amide bonds. The second-order valence-corrected chi connectivity index (χ2v) is 8.46. The summed E-state index contributed by atoms with van der Waals surface area (Å²) in [7, 11) is 1.62. The fourth-order valence-electron chi connectivity index (χ4n) is 3.38. The van der Waals surface area contributed by atoms with Crippen LogP contribution < -0.4 is 10.1 Å². The maximum absolute atomic E-state index is 13.2. The number of hydrogen-bond acceptors (Lipinski definition) is 2. The van der Waals surface area contributed by atoms with Crippen LogP contribution in [0.3, 0.4) is 0 Å². The number of nitrogens with one attached hydrogen (secondary N) is 1. The van der Waals surface area contributed by atoms with Crippen molar-refractivity contribution in [2.45, 2.75) is 39.9 Å². The van der Waals surface area contributed by atoms with E-state index in [1.165, 1.54) is 0 Å². The van der Waals surface area contributed by atoms with Crippen molar-refractivity contribution < 1.29 is 9.53 Å². The van der Waals surface area contributed by atoms with Crippen molar-refractivity contribution in [3.63, 3.8) is 0 Å². The van der Waals surface area contributed by atoms with Crippen LogP contribution in [0.4, 0.5) is 10.5 Å². The van der Waals surface area contributed by atoms with Gasteiger partial charge in [-0.1, -0.05) is 37.6 Å². The first-order valence-electron chi connectivity index (χ1n) is 10.5. The number of halogens is 1. The predicted molar refractivity (Wildman–Crippen MR) is 127 cm³/mol. The minimum atomic E-state index is -0.123. The van der Waals surface area contributed by atoms with Gasteiger partial charge in [0.15, 0.2) is 0 Å². The molecule has 1 unspecified atom stereocenters. The Balaban J connectivity index is 1.78. The molecule has 3 aromatic rings. The Bertz CT molecular complexity index is 998. The predicted octanol–water partition coefficient (Wildman–Crippen LogP) is 6.28. The van der Waals surface area contributed by atoms with Crippen molar-refractivity contribution in [1.82, 2.24) is 9.47 Å². The van der Waals surface area contributed by atoms with Gasteiger partial charge in [0.25, 0.3) is 0 Å². The highest BCUT2D eigenvalue weighted by molar-refractivity contribution is 6.30. The third-order valence-electron chi connectivity index (χ3n) is 5.56. The summed E-state index contributed by atoms with van der Waals surface area (Å²) in [5, 5.41) is 3.75. The van der Waals surface area contributed by atoms with Gasteiger partial charge in [-0.05, 0) is 66.9 Å². The molecule has 5 nitrogen and oxygen atoms in total. The summed E-state index contributed by atoms with van der Waals surface area (Å²) >= 11 is 6.14. The Labute approximate surface area is 189 Å². The number of hydrogen-bond donors (Lipinski definition) is 1. The van der Waals surface area contributed by atoms with Crippen molar-refractivity contribution in [3.05, 3.63) is 83.1 Å². The van der Waals surface area contributed by atoms with Crippen LogP contribution in [0.5, 0.6) is 5.75 Å². The minimum absolute atomic E-state index is 0.0627. The third-order valence-corrected chi connectivity index (χ3v) is 5.79. The van der Waals surface area contributed by atoms with E-state index < -0.39 is 0 Å². The fraction of sp³-hybridized carbons (Fsp3) is 0.320. The van der Waals surface area contributed by atoms with Gasteiger partial charge in [-0.15, -0.1) is 0 Å². The molecule has 1 N–H and O–H groups in total. The molecule has 0 aliphatic carbocycles. The zero-order valence-corrected chi connectivity index (χ0v) is 19.3. The molecule has 0 aliphatic heterocycles. The smallest absolute Gasteiger partial charge is 0.322 e. The number of amides is 2. The first kappa shape index (κ1) is 22.8.